The minimum absolute atomic E-state index is 0.00379. The van der Waals surface area contributed by atoms with Gasteiger partial charge in [0.15, 0.2) is 0 Å². The fourth-order valence-electron chi connectivity index (χ4n) is 2.05. The van der Waals surface area contributed by atoms with Gasteiger partial charge in [-0.2, -0.15) is 11.8 Å². The lowest BCUT2D eigenvalue weighted by atomic mass is 10.1. The van der Waals surface area contributed by atoms with Gasteiger partial charge in [0.25, 0.3) is 0 Å². The molecule has 1 aliphatic rings. The maximum atomic E-state index is 12.2. The molecule has 0 saturated heterocycles. The Hall–Kier alpha value is -0.480. The molecule has 0 aromatic heterocycles. The van der Waals surface area contributed by atoms with Crippen LogP contribution in [0.5, 0.6) is 0 Å². The summed E-state index contributed by atoms with van der Waals surface area (Å²) in [4.78, 5) is 14.1. The van der Waals surface area contributed by atoms with E-state index in [1.807, 2.05) is 24.1 Å². The number of rotatable bonds is 5. The van der Waals surface area contributed by atoms with E-state index < -0.39 is 0 Å². The number of amides is 1. The van der Waals surface area contributed by atoms with Crippen molar-refractivity contribution in [3.8, 4) is 0 Å². The van der Waals surface area contributed by atoms with Crippen LogP contribution in [0.25, 0.3) is 0 Å². The molecular weight excluding hydrogens is 220 g/mol. The zero-order chi connectivity index (χ0) is 12.1. The Kier molecular flexibility index (Phi) is 5.35. The van der Waals surface area contributed by atoms with Crippen LogP contribution in [0.4, 0.5) is 0 Å². The highest BCUT2D eigenvalue weighted by Crippen LogP contribution is 2.20. The molecule has 1 amide bonds. The van der Waals surface area contributed by atoms with E-state index in [4.69, 9.17) is 5.73 Å². The summed E-state index contributed by atoms with van der Waals surface area (Å²) in [5, 5.41) is 0. The Balaban J connectivity index is 2.55. The number of nitrogens with zero attached hydrogens (tertiary/aromatic N) is 1. The molecule has 2 N–H and O–H groups in total. The van der Waals surface area contributed by atoms with Gasteiger partial charge >= 0.3 is 0 Å². The molecule has 3 atom stereocenters. The van der Waals surface area contributed by atoms with E-state index in [2.05, 4.69) is 13.2 Å². The standard InChI is InChI=1S/C12H22N2OS/c1-4-11(8-16-3)14(2)12(15)9-5-6-10(13)7-9/h5-6,9-11H,4,7-8,13H2,1-3H3. The summed E-state index contributed by atoms with van der Waals surface area (Å²) in [5.74, 6) is 1.21. The number of hydrogen-bond donors (Lipinski definition) is 1. The first kappa shape index (κ1) is 13.6. The van der Waals surface area contributed by atoms with E-state index in [9.17, 15) is 4.79 Å². The van der Waals surface area contributed by atoms with Gasteiger partial charge in [-0.05, 0) is 19.1 Å². The largest absolute Gasteiger partial charge is 0.341 e. The third-order valence-corrected chi connectivity index (χ3v) is 3.88. The summed E-state index contributed by atoms with van der Waals surface area (Å²) in [6.45, 7) is 2.13. The van der Waals surface area contributed by atoms with Gasteiger partial charge in [0, 0.05) is 24.9 Å². The van der Waals surface area contributed by atoms with Crippen LogP contribution >= 0.6 is 11.8 Å². The molecule has 0 fully saturated rings. The van der Waals surface area contributed by atoms with Crippen molar-refractivity contribution in [1.82, 2.24) is 4.90 Å². The molecule has 0 heterocycles. The minimum atomic E-state index is -0.00379. The Bertz CT molecular complexity index is 268. The van der Waals surface area contributed by atoms with Gasteiger partial charge in [-0.3, -0.25) is 4.79 Å². The first-order valence-electron chi connectivity index (χ1n) is 5.79. The highest BCUT2D eigenvalue weighted by molar-refractivity contribution is 7.98. The maximum absolute atomic E-state index is 12.2. The predicted molar refractivity (Wildman–Crippen MR) is 70.5 cm³/mol. The zero-order valence-corrected chi connectivity index (χ0v) is 11.2. The molecule has 0 radical (unpaired) electrons. The van der Waals surface area contributed by atoms with Gasteiger partial charge in [0.05, 0.1) is 5.92 Å². The van der Waals surface area contributed by atoms with E-state index in [-0.39, 0.29) is 17.9 Å². The van der Waals surface area contributed by atoms with Gasteiger partial charge in [-0.15, -0.1) is 0 Å². The van der Waals surface area contributed by atoms with Crippen molar-refractivity contribution in [3.63, 3.8) is 0 Å². The second kappa shape index (κ2) is 6.30. The average molecular weight is 242 g/mol. The molecule has 0 spiro atoms. The monoisotopic (exact) mass is 242 g/mol. The Morgan fingerprint density at radius 3 is 2.75 bits per heavy atom. The maximum Gasteiger partial charge on any atom is 0.229 e. The molecule has 1 aliphatic carbocycles. The Morgan fingerprint density at radius 2 is 2.31 bits per heavy atom. The SMILES string of the molecule is CCC(CSC)N(C)C(=O)C1C=CC(N)C1. The van der Waals surface area contributed by atoms with Crippen molar-refractivity contribution in [1.29, 1.82) is 0 Å². The van der Waals surface area contributed by atoms with E-state index in [1.54, 1.807) is 11.8 Å². The van der Waals surface area contributed by atoms with Gasteiger partial charge in [-0.25, -0.2) is 0 Å². The first-order valence-corrected chi connectivity index (χ1v) is 7.19. The van der Waals surface area contributed by atoms with Crippen LogP contribution in [0.15, 0.2) is 12.2 Å². The van der Waals surface area contributed by atoms with Crippen LogP contribution in [-0.4, -0.2) is 41.9 Å². The summed E-state index contributed by atoms with van der Waals surface area (Å²) in [6.07, 6.45) is 7.73. The third-order valence-electron chi connectivity index (χ3n) is 3.16. The van der Waals surface area contributed by atoms with Crippen molar-refractivity contribution < 1.29 is 4.79 Å². The fraction of sp³-hybridized carbons (Fsp3) is 0.750. The normalized spacial score (nSPS) is 25.8. The van der Waals surface area contributed by atoms with Crippen LogP contribution in [-0.2, 0) is 4.79 Å². The number of nitrogens with two attached hydrogens (primary N) is 1. The first-order chi connectivity index (χ1) is 7.60. The van der Waals surface area contributed by atoms with E-state index in [1.165, 1.54) is 0 Å². The quantitative estimate of drug-likeness (QED) is 0.743. The molecular formula is C12H22N2OS. The zero-order valence-electron chi connectivity index (χ0n) is 10.3. The highest BCUT2D eigenvalue weighted by atomic mass is 32.2. The fourth-order valence-corrected chi connectivity index (χ4v) is 2.89. The molecule has 1 rings (SSSR count). The van der Waals surface area contributed by atoms with Crippen LogP contribution in [0.2, 0.25) is 0 Å². The van der Waals surface area contributed by atoms with Gasteiger partial charge in [0.2, 0.25) is 5.91 Å². The van der Waals surface area contributed by atoms with Crippen LogP contribution in [0, 0.1) is 5.92 Å². The molecule has 0 saturated carbocycles. The number of carbonyl (C=O) groups is 1. The van der Waals surface area contributed by atoms with Gasteiger partial charge in [-0.1, -0.05) is 19.1 Å². The van der Waals surface area contributed by atoms with Crippen LogP contribution in [0.3, 0.4) is 0 Å². The van der Waals surface area contributed by atoms with E-state index in [0.29, 0.717) is 6.04 Å². The van der Waals surface area contributed by atoms with Crippen molar-refractivity contribution in [2.45, 2.75) is 31.8 Å². The molecule has 92 valence electrons. The summed E-state index contributed by atoms with van der Waals surface area (Å²) in [6, 6.07) is 0.399. The molecule has 0 aromatic carbocycles. The van der Waals surface area contributed by atoms with Gasteiger partial charge in [0.1, 0.15) is 0 Å². The summed E-state index contributed by atoms with van der Waals surface area (Å²) in [5.41, 5.74) is 5.77. The van der Waals surface area contributed by atoms with Crippen LogP contribution in [0.1, 0.15) is 19.8 Å². The molecule has 0 aromatic rings. The number of hydrogen-bond acceptors (Lipinski definition) is 3. The number of carbonyl (C=O) groups excluding carboxylic acids is 1. The molecule has 0 aliphatic heterocycles. The Labute approximate surface area is 102 Å². The Morgan fingerprint density at radius 1 is 1.62 bits per heavy atom. The average Bonchev–Trinajstić information content (AvgIpc) is 2.70. The second-order valence-corrected chi connectivity index (χ2v) is 5.27. The smallest absolute Gasteiger partial charge is 0.229 e. The molecule has 0 bridgehead atoms. The van der Waals surface area contributed by atoms with Crippen molar-refractivity contribution >= 4 is 17.7 Å². The third kappa shape index (κ3) is 3.25. The van der Waals surface area contributed by atoms with E-state index in [0.717, 1.165) is 18.6 Å². The van der Waals surface area contributed by atoms with Crippen molar-refractivity contribution in [2.75, 3.05) is 19.1 Å². The molecule has 16 heavy (non-hydrogen) atoms. The number of thioether (sulfide) groups is 1. The molecule has 3 nitrogen and oxygen atoms in total. The lowest BCUT2D eigenvalue weighted by Gasteiger charge is -2.29. The predicted octanol–water partition coefficient (Wildman–Crippen LogP) is 1.49. The summed E-state index contributed by atoms with van der Waals surface area (Å²) in [7, 11) is 1.91. The molecule has 3 unspecified atom stereocenters. The van der Waals surface area contributed by atoms with Crippen molar-refractivity contribution in [3.05, 3.63) is 12.2 Å². The summed E-state index contributed by atoms with van der Waals surface area (Å²) >= 11 is 1.79. The van der Waals surface area contributed by atoms with Crippen LogP contribution < -0.4 is 5.73 Å². The lowest BCUT2D eigenvalue weighted by molar-refractivity contribution is -0.134. The summed E-state index contributed by atoms with van der Waals surface area (Å²) < 4.78 is 0. The topological polar surface area (TPSA) is 46.3 Å². The van der Waals surface area contributed by atoms with E-state index >= 15 is 0 Å². The molecule has 4 heteroatoms. The van der Waals surface area contributed by atoms with Crippen molar-refractivity contribution in [2.24, 2.45) is 11.7 Å². The lowest BCUT2D eigenvalue weighted by Crippen LogP contribution is -2.41. The van der Waals surface area contributed by atoms with Gasteiger partial charge < -0.3 is 10.6 Å². The second-order valence-electron chi connectivity index (χ2n) is 4.36. The minimum Gasteiger partial charge on any atom is -0.341 e. The highest BCUT2D eigenvalue weighted by Gasteiger charge is 2.28.